The molecular weight excluding hydrogens is 378 g/mol. The summed E-state index contributed by atoms with van der Waals surface area (Å²) in [6.07, 6.45) is -3.09. The van der Waals surface area contributed by atoms with Gasteiger partial charge in [-0.15, -0.1) is 0 Å². The molecule has 1 heterocycles. The summed E-state index contributed by atoms with van der Waals surface area (Å²) < 4.78 is 31.8. The number of alkyl halides is 2. The summed E-state index contributed by atoms with van der Waals surface area (Å²) in [5.41, 5.74) is -0.178. The second kappa shape index (κ2) is 8.78. The normalized spacial score (nSPS) is 21.1. The van der Waals surface area contributed by atoms with E-state index in [-0.39, 0.29) is 31.7 Å². The summed E-state index contributed by atoms with van der Waals surface area (Å²) in [4.78, 5) is 13.6. The Morgan fingerprint density at radius 1 is 1.10 bits per heavy atom. The van der Waals surface area contributed by atoms with Gasteiger partial charge in [0, 0.05) is 13.0 Å². The number of hydrogen-bond donors (Lipinski definition) is 2. The van der Waals surface area contributed by atoms with E-state index in [2.05, 4.69) is 5.32 Å². The van der Waals surface area contributed by atoms with Crippen molar-refractivity contribution in [3.63, 3.8) is 0 Å². The smallest absolute Gasteiger partial charge is 0.317 e. The summed E-state index contributed by atoms with van der Waals surface area (Å²) in [6, 6.07) is 16.5. The van der Waals surface area contributed by atoms with E-state index < -0.39 is 18.1 Å². The van der Waals surface area contributed by atoms with Crippen molar-refractivity contribution in [3.8, 4) is 5.75 Å². The summed E-state index contributed by atoms with van der Waals surface area (Å²) in [5, 5.41) is 12.6. The molecule has 5 nitrogen and oxygen atoms in total. The van der Waals surface area contributed by atoms with E-state index in [0.717, 1.165) is 11.1 Å². The lowest BCUT2D eigenvalue weighted by Gasteiger charge is -2.24. The number of carbonyl (C=O) groups is 1. The Bertz CT molecular complexity index is 817. The Kier molecular flexibility index (Phi) is 6.37. The second-order valence-electron chi connectivity index (χ2n) is 7.49. The lowest BCUT2D eigenvalue weighted by atomic mass is 10.1. The van der Waals surface area contributed by atoms with Crippen molar-refractivity contribution in [1.29, 1.82) is 0 Å². The summed E-state index contributed by atoms with van der Waals surface area (Å²) in [5.74, 6) is 0.713. The molecule has 156 valence electrons. The minimum Gasteiger partial charge on any atom is -0.486 e. The predicted octanol–water partition coefficient (Wildman–Crippen LogP) is 4.30. The van der Waals surface area contributed by atoms with Gasteiger partial charge in [-0.2, -0.15) is 0 Å². The molecule has 1 saturated heterocycles. The SMILES string of the molecule is CC(NC(=O)N1CCC(O)(C(F)F)C1)c1ccc(OC(C)c2ccccc2)cc1. The first-order chi connectivity index (χ1) is 13.8. The van der Waals surface area contributed by atoms with Gasteiger partial charge in [-0.05, 0) is 37.1 Å². The first-order valence-electron chi connectivity index (χ1n) is 9.66. The molecule has 2 aromatic rings. The van der Waals surface area contributed by atoms with Crippen molar-refractivity contribution >= 4 is 6.03 Å². The molecule has 3 unspecified atom stereocenters. The molecule has 7 heteroatoms. The molecule has 0 radical (unpaired) electrons. The highest BCUT2D eigenvalue weighted by molar-refractivity contribution is 5.75. The minimum atomic E-state index is -2.87. The van der Waals surface area contributed by atoms with Crippen LogP contribution in [0.2, 0.25) is 0 Å². The zero-order valence-electron chi connectivity index (χ0n) is 16.5. The zero-order valence-corrected chi connectivity index (χ0v) is 16.5. The Hall–Kier alpha value is -2.67. The van der Waals surface area contributed by atoms with E-state index in [4.69, 9.17) is 4.74 Å². The van der Waals surface area contributed by atoms with Gasteiger partial charge < -0.3 is 20.1 Å². The minimum absolute atomic E-state index is 0.0945. The van der Waals surface area contributed by atoms with Crippen molar-refractivity contribution in [3.05, 3.63) is 65.7 Å². The van der Waals surface area contributed by atoms with Crippen LogP contribution in [-0.2, 0) is 0 Å². The lowest BCUT2D eigenvalue weighted by Crippen LogP contribution is -2.45. The van der Waals surface area contributed by atoms with Gasteiger partial charge in [0.05, 0.1) is 12.6 Å². The average molecular weight is 404 g/mol. The number of halogens is 2. The van der Waals surface area contributed by atoms with Gasteiger partial charge in [-0.3, -0.25) is 0 Å². The van der Waals surface area contributed by atoms with Crippen molar-refractivity contribution in [2.24, 2.45) is 0 Å². The monoisotopic (exact) mass is 404 g/mol. The number of carbonyl (C=O) groups excluding carboxylic acids is 1. The van der Waals surface area contributed by atoms with Crippen LogP contribution in [0.3, 0.4) is 0 Å². The molecule has 0 bridgehead atoms. The van der Waals surface area contributed by atoms with Crippen LogP contribution >= 0.6 is 0 Å². The third kappa shape index (κ3) is 5.03. The highest BCUT2D eigenvalue weighted by Gasteiger charge is 2.45. The van der Waals surface area contributed by atoms with Crippen LogP contribution in [0.15, 0.2) is 54.6 Å². The maximum absolute atomic E-state index is 12.9. The van der Waals surface area contributed by atoms with Gasteiger partial charge in [-0.1, -0.05) is 42.5 Å². The molecule has 1 fully saturated rings. The predicted molar refractivity (Wildman–Crippen MR) is 106 cm³/mol. The van der Waals surface area contributed by atoms with E-state index in [9.17, 15) is 18.7 Å². The van der Waals surface area contributed by atoms with Crippen LogP contribution < -0.4 is 10.1 Å². The Morgan fingerprint density at radius 3 is 2.34 bits per heavy atom. The molecule has 1 aliphatic heterocycles. The Balaban J connectivity index is 1.55. The average Bonchev–Trinajstić information content (AvgIpc) is 3.13. The van der Waals surface area contributed by atoms with Crippen LogP contribution in [0.5, 0.6) is 5.75 Å². The number of nitrogens with zero attached hydrogens (tertiary/aromatic N) is 1. The van der Waals surface area contributed by atoms with E-state index >= 15 is 0 Å². The fourth-order valence-electron chi connectivity index (χ4n) is 3.36. The van der Waals surface area contributed by atoms with Crippen LogP contribution in [0.4, 0.5) is 13.6 Å². The summed E-state index contributed by atoms with van der Waals surface area (Å²) in [7, 11) is 0. The maximum atomic E-state index is 12.9. The highest BCUT2D eigenvalue weighted by atomic mass is 19.3. The number of likely N-dealkylation sites (tertiary alicyclic amines) is 1. The lowest BCUT2D eigenvalue weighted by molar-refractivity contribution is -0.0852. The molecule has 3 rings (SSSR count). The quantitative estimate of drug-likeness (QED) is 0.755. The molecule has 0 spiro atoms. The van der Waals surface area contributed by atoms with Crippen molar-refractivity contribution in [2.75, 3.05) is 13.1 Å². The topological polar surface area (TPSA) is 61.8 Å². The maximum Gasteiger partial charge on any atom is 0.317 e. The van der Waals surface area contributed by atoms with Crippen molar-refractivity contribution in [2.45, 2.75) is 44.4 Å². The van der Waals surface area contributed by atoms with Crippen LogP contribution in [0.25, 0.3) is 0 Å². The molecule has 0 saturated carbocycles. The van der Waals surface area contributed by atoms with Crippen LogP contribution in [-0.4, -0.2) is 41.2 Å². The van der Waals surface area contributed by atoms with Crippen molar-refractivity contribution < 1.29 is 23.4 Å². The molecule has 3 atom stereocenters. The zero-order chi connectivity index (χ0) is 21.0. The third-order valence-electron chi connectivity index (χ3n) is 5.27. The number of benzene rings is 2. The Morgan fingerprint density at radius 2 is 1.76 bits per heavy atom. The number of aliphatic hydroxyl groups is 1. The number of β-amino-alcohol motifs (C(OH)–C–C–N with tert-alkyl or cyclic N) is 1. The third-order valence-corrected chi connectivity index (χ3v) is 5.27. The first kappa shape index (κ1) is 21.0. The van der Waals surface area contributed by atoms with E-state index in [1.807, 2.05) is 68.4 Å². The van der Waals surface area contributed by atoms with Crippen LogP contribution in [0.1, 0.15) is 43.5 Å². The van der Waals surface area contributed by atoms with Gasteiger partial charge in [-0.25, -0.2) is 13.6 Å². The molecule has 0 aromatic heterocycles. The van der Waals surface area contributed by atoms with Gasteiger partial charge in [0.1, 0.15) is 17.5 Å². The summed E-state index contributed by atoms with van der Waals surface area (Å²) >= 11 is 0. The first-order valence-corrected chi connectivity index (χ1v) is 9.66. The molecule has 2 N–H and O–H groups in total. The van der Waals surface area contributed by atoms with Gasteiger partial charge in [0.15, 0.2) is 0 Å². The number of urea groups is 1. The standard InChI is InChI=1S/C22H26F2N2O3/c1-15(25-21(27)26-13-12-22(28,14-26)20(23)24)17-8-10-19(11-9-17)29-16(2)18-6-4-3-5-7-18/h3-11,15-16,20,28H,12-14H2,1-2H3,(H,25,27). The highest BCUT2D eigenvalue weighted by Crippen LogP contribution is 2.28. The molecule has 29 heavy (non-hydrogen) atoms. The molecule has 2 amide bonds. The van der Waals surface area contributed by atoms with Gasteiger partial charge in [0.2, 0.25) is 0 Å². The fraction of sp³-hybridized carbons (Fsp3) is 0.409. The molecule has 2 aromatic carbocycles. The largest absolute Gasteiger partial charge is 0.486 e. The number of hydrogen-bond acceptors (Lipinski definition) is 3. The van der Waals surface area contributed by atoms with E-state index in [0.29, 0.717) is 5.75 Å². The van der Waals surface area contributed by atoms with Crippen molar-refractivity contribution in [1.82, 2.24) is 10.2 Å². The molecule has 1 aliphatic rings. The van der Waals surface area contributed by atoms with Crippen LogP contribution in [0, 0.1) is 0 Å². The summed E-state index contributed by atoms with van der Waals surface area (Å²) in [6.45, 7) is 3.52. The van der Waals surface area contributed by atoms with Gasteiger partial charge in [0.25, 0.3) is 6.43 Å². The van der Waals surface area contributed by atoms with E-state index in [1.54, 1.807) is 0 Å². The fourth-order valence-corrected chi connectivity index (χ4v) is 3.36. The number of rotatable bonds is 6. The number of ether oxygens (including phenoxy) is 1. The number of amides is 2. The van der Waals surface area contributed by atoms with E-state index in [1.165, 1.54) is 4.90 Å². The number of nitrogens with one attached hydrogen (secondary N) is 1. The van der Waals surface area contributed by atoms with Gasteiger partial charge >= 0.3 is 6.03 Å². The Labute approximate surface area is 169 Å². The molecular formula is C22H26F2N2O3. The second-order valence-corrected chi connectivity index (χ2v) is 7.49. The molecule has 0 aliphatic carbocycles.